The number of nitrogens with zero attached hydrogens (tertiary/aromatic N) is 1. The van der Waals surface area contributed by atoms with Gasteiger partial charge in [0.2, 0.25) is 6.79 Å². The smallest absolute Gasteiger partial charge is 0.286 e. The summed E-state index contributed by atoms with van der Waals surface area (Å²) in [5.74, 6) is 1.60. The number of rotatable bonds is 9. The van der Waals surface area contributed by atoms with Crippen molar-refractivity contribution in [3.05, 3.63) is 46.0 Å². The number of carbonyl (C=O) groups is 1. The quantitative estimate of drug-likeness (QED) is 0.385. The third-order valence-electron chi connectivity index (χ3n) is 4.02. The Hall–Kier alpha value is -3.69. The zero-order chi connectivity index (χ0) is 20.8. The lowest BCUT2D eigenvalue weighted by atomic mass is 10.1. The van der Waals surface area contributed by atoms with Crippen molar-refractivity contribution < 1.29 is 33.4 Å². The van der Waals surface area contributed by atoms with Crippen LogP contribution in [0.25, 0.3) is 0 Å². The van der Waals surface area contributed by atoms with Gasteiger partial charge in [-0.3, -0.25) is 14.9 Å². The van der Waals surface area contributed by atoms with Crippen molar-refractivity contribution in [3.8, 4) is 28.7 Å². The highest BCUT2D eigenvalue weighted by molar-refractivity contribution is 5.99. The summed E-state index contributed by atoms with van der Waals surface area (Å²) in [7, 11) is 1.37. The van der Waals surface area contributed by atoms with Crippen molar-refractivity contribution in [1.29, 1.82) is 0 Å². The average Bonchev–Trinajstić information content (AvgIpc) is 3.18. The van der Waals surface area contributed by atoms with Crippen molar-refractivity contribution in [2.45, 2.75) is 6.92 Å². The lowest BCUT2D eigenvalue weighted by Crippen LogP contribution is -2.28. The minimum Gasteiger partial charge on any atom is -0.493 e. The van der Waals surface area contributed by atoms with E-state index in [-0.39, 0.29) is 42.7 Å². The molecule has 1 aliphatic heterocycles. The molecule has 0 radical (unpaired) electrons. The van der Waals surface area contributed by atoms with E-state index in [1.165, 1.54) is 19.2 Å². The first-order valence-electron chi connectivity index (χ1n) is 8.83. The number of carbonyl (C=O) groups excluding carboxylic acids is 1. The number of fused-ring (bicyclic) bond motifs is 1. The van der Waals surface area contributed by atoms with Crippen molar-refractivity contribution in [1.82, 2.24) is 5.32 Å². The molecule has 0 saturated carbocycles. The van der Waals surface area contributed by atoms with Gasteiger partial charge in [-0.1, -0.05) is 0 Å². The second-order valence-electron chi connectivity index (χ2n) is 5.83. The van der Waals surface area contributed by atoms with E-state index < -0.39 is 10.8 Å². The number of nitro benzene ring substituents is 1. The second-order valence-corrected chi connectivity index (χ2v) is 5.83. The molecule has 3 rings (SSSR count). The average molecular weight is 404 g/mol. The number of amides is 1. The van der Waals surface area contributed by atoms with Gasteiger partial charge in [0.25, 0.3) is 11.6 Å². The van der Waals surface area contributed by atoms with Crippen molar-refractivity contribution in [2.24, 2.45) is 0 Å². The van der Waals surface area contributed by atoms with Gasteiger partial charge in [0.1, 0.15) is 17.9 Å². The Morgan fingerprint density at radius 3 is 2.69 bits per heavy atom. The third kappa shape index (κ3) is 4.60. The Kier molecular flexibility index (Phi) is 6.22. The summed E-state index contributed by atoms with van der Waals surface area (Å²) in [6.45, 7) is 2.54. The molecule has 0 unspecified atom stereocenters. The zero-order valence-corrected chi connectivity index (χ0v) is 15.9. The van der Waals surface area contributed by atoms with E-state index in [2.05, 4.69) is 5.32 Å². The normalized spacial score (nSPS) is 11.7. The lowest BCUT2D eigenvalue weighted by molar-refractivity contribution is -0.385. The van der Waals surface area contributed by atoms with Crippen LogP contribution in [0.1, 0.15) is 17.3 Å². The number of methoxy groups -OCH3 is 1. The Balaban J connectivity index is 1.63. The predicted molar refractivity (Wildman–Crippen MR) is 101 cm³/mol. The largest absolute Gasteiger partial charge is 0.493 e. The number of hydrogen-bond donors (Lipinski definition) is 1. The molecule has 0 atom stereocenters. The van der Waals surface area contributed by atoms with E-state index in [0.29, 0.717) is 23.9 Å². The molecule has 0 aromatic heterocycles. The maximum absolute atomic E-state index is 12.5. The first-order valence-corrected chi connectivity index (χ1v) is 8.83. The van der Waals surface area contributed by atoms with Crippen molar-refractivity contribution in [2.75, 3.05) is 33.7 Å². The highest BCUT2D eigenvalue weighted by Crippen LogP contribution is 2.36. The molecule has 0 spiro atoms. The van der Waals surface area contributed by atoms with Crippen LogP contribution < -0.4 is 29.0 Å². The summed E-state index contributed by atoms with van der Waals surface area (Å²) < 4.78 is 26.6. The molecule has 29 heavy (non-hydrogen) atoms. The van der Waals surface area contributed by atoms with Gasteiger partial charge in [-0.2, -0.15) is 0 Å². The Labute approximate surface area is 166 Å². The van der Waals surface area contributed by atoms with Gasteiger partial charge < -0.3 is 29.0 Å². The third-order valence-corrected chi connectivity index (χ3v) is 4.02. The van der Waals surface area contributed by atoms with Gasteiger partial charge >= 0.3 is 0 Å². The minimum absolute atomic E-state index is 0.123. The predicted octanol–water partition coefficient (Wildman–Crippen LogP) is 2.54. The van der Waals surface area contributed by atoms with E-state index in [1.54, 1.807) is 25.1 Å². The highest BCUT2D eigenvalue weighted by Gasteiger charge is 2.24. The van der Waals surface area contributed by atoms with Crippen LogP contribution in [-0.2, 0) is 0 Å². The molecule has 0 bridgehead atoms. The molecule has 154 valence electrons. The molecule has 0 saturated heterocycles. The fourth-order valence-corrected chi connectivity index (χ4v) is 2.71. The molecule has 0 aliphatic carbocycles. The van der Waals surface area contributed by atoms with E-state index in [4.69, 9.17) is 23.7 Å². The number of ether oxygens (including phenoxy) is 5. The molecular weight excluding hydrogens is 384 g/mol. The van der Waals surface area contributed by atoms with Crippen LogP contribution in [0.5, 0.6) is 28.7 Å². The van der Waals surface area contributed by atoms with Crippen LogP contribution in [0.3, 0.4) is 0 Å². The topological polar surface area (TPSA) is 118 Å². The molecule has 2 aromatic rings. The molecule has 0 fully saturated rings. The maximum atomic E-state index is 12.5. The number of nitro groups is 1. The molecule has 10 nitrogen and oxygen atoms in total. The number of benzene rings is 2. The van der Waals surface area contributed by atoms with Gasteiger partial charge in [-0.15, -0.1) is 0 Å². The molecular formula is C19H20N2O8. The fourth-order valence-electron chi connectivity index (χ4n) is 2.71. The minimum atomic E-state index is -0.643. The summed E-state index contributed by atoms with van der Waals surface area (Å²) in [4.78, 5) is 23.2. The van der Waals surface area contributed by atoms with Crippen molar-refractivity contribution in [3.63, 3.8) is 0 Å². The van der Waals surface area contributed by atoms with E-state index in [9.17, 15) is 14.9 Å². The molecule has 10 heteroatoms. The van der Waals surface area contributed by atoms with Crippen LogP contribution in [0.2, 0.25) is 0 Å². The van der Waals surface area contributed by atoms with Gasteiger partial charge in [0.15, 0.2) is 23.0 Å². The molecule has 1 aliphatic rings. The molecule has 1 N–H and O–H groups in total. The molecule has 2 aromatic carbocycles. The maximum Gasteiger partial charge on any atom is 0.286 e. The van der Waals surface area contributed by atoms with Crippen LogP contribution in [0.15, 0.2) is 30.3 Å². The van der Waals surface area contributed by atoms with E-state index >= 15 is 0 Å². The summed E-state index contributed by atoms with van der Waals surface area (Å²) in [6.07, 6.45) is 0. The first-order chi connectivity index (χ1) is 14.0. The lowest BCUT2D eigenvalue weighted by Gasteiger charge is -2.12. The van der Waals surface area contributed by atoms with Gasteiger partial charge in [0.05, 0.1) is 31.3 Å². The summed E-state index contributed by atoms with van der Waals surface area (Å²) in [6, 6.07) is 7.61. The molecule has 1 heterocycles. The van der Waals surface area contributed by atoms with Crippen LogP contribution >= 0.6 is 0 Å². The Morgan fingerprint density at radius 1 is 1.17 bits per heavy atom. The first kappa shape index (κ1) is 20.1. The van der Waals surface area contributed by atoms with Gasteiger partial charge in [-0.25, -0.2) is 0 Å². The zero-order valence-electron chi connectivity index (χ0n) is 15.9. The fraction of sp³-hybridized carbons (Fsp3) is 0.316. The number of hydrogen-bond acceptors (Lipinski definition) is 8. The second kappa shape index (κ2) is 9.00. The highest BCUT2D eigenvalue weighted by atomic mass is 16.7. The van der Waals surface area contributed by atoms with Crippen LogP contribution in [0, 0.1) is 10.1 Å². The number of nitrogens with one attached hydrogen (secondary N) is 1. The van der Waals surface area contributed by atoms with Crippen molar-refractivity contribution >= 4 is 11.6 Å². The molecule has 1 amide bonds. The Morgan fingerprint density at radius 2 is 1.97 bits per heavy atom. The van der Waals surface area contributed by atoms with Gasteiger partial charge in [-0.05, 0) is 19.1 Å². The van der Waals surface area contributed by atoms with Crippen LogP contribution in [0.4, 0.5) is 5.69 Å². The summed E-state index contributed by atoms with van der Waals surface area (Å²) >= 11 is 0. The van der Waals surface area contributed by atoms with Gasteiger partial charge in [0, 0.05) is 12.1 Å². The van der Waals surface area contributed by atoms with E-state index in [0.717, 1.165) is 0 Å². The Bertz CT molecular complexity index is 915. The standard InChI is InChI=1S/C19H20N2O8/c1-3-26-18-9-13(14(21(23)24)10-16(18)25-2)19(22)20-6-7-27-12-4-5-15-17(8-12)29-11-28-15/h4-5,8-10H,3,6-7,11H2,1-2H3,(H,20,22). The van der Waals surface area contributed by atoms with Crippen LogP contribution in [-0.4, -0.2) is 44.5 Å². The summed E-state index contributed by atoms with van der Waals surface area (Å²) in [5, 5.41) is 14.0. The monoisotopic (exact) mass is 404 g/mol. The van der Waals surface area contributed by atoms with E-state index in [1.807, 2.05) is 0 Å². The summed E-state index contributed by atoms with van der Waals surface area (Å²) in [5.41, 5.74) is -0.498. The SMILES string of the molecule is CCOc1cc(C(=O)NCCOc2ccc3c(c2)OCO3)c([N+](=O)[O-])cc1OC.